The van der Waals surface area contributed by atoms with Gasteiger partial charge in [0.05, 0.1) is 12.0 Å². The van der Waals surface area contributed by atoms with Crippen molar-refractivity contribution in [3.05, 3.63) is 29.3 Å². The van der Waals surface area contributed by atoms with Gasteiger partial charge in [0.25, 0.3) is 0 Å². The van der Waals surface area contributed by atoms with Gasteiger partial charge in [0.2, 0.25) is 11.8 Å². The summed E-state index contributed by atoms with van der Waals surface area (Å²) in [6.45, 7) is 1.77. The van der Waals surface area contributed by atoms with Crippen LogP contribution in [-0.2, 0) is 4.79 Å². The number of hydrogen-bond acceptors (Lipinski definition) is 3. The third-order valence-corrected chi connectivity index (χ3v) is 4.05. The molecule has 0 radical (unpaired) electrons. The molecule has 1 fully saturated rings. The van der Waals surface area contributed by atoms with Crippen molar-refractivity contribution in [2.75, 3.05) is 5.32 Å². The topological polar surface area (TPSA) is 92.4 Å². The molecule has 4 N–H and O–H groups in total. The zero-order chi connectivity index (χ0) is 15.5. The van der Waals surface area contributed by atoms with Crippen LogP contribution < -0.4 is 11.1 Å². The Morgan fingerprint density at radius 1 is 1.29 bits per heavy atom. The van der Waals surface area contributed by atoms with Gasteiger partial charge in [0.15, 0.2) is 0 Å². The molecule has 1 aromatic rings. The number of primary amides is 1. The Labute approximate surface area is 124 Å². The Morgan fingerprint density at radius 2 is 1.95 bits per heavy atom. The number of benzene rings is 1. The summed E-state index contributed by atoms with van der Waals surface area (Å²) in [7, 11) is 0. The van der Waals surface area contributed by atoms with Crippen LogP contribution in [0.2, 0.25) is 0 Å². The summed E-state index contributed by atoms with van der Waals surface area (Å²) in [5.74, 6) is -0.687. The van der Waals surface area contributed by atoms with Gasteiger partial charge in [0.1, 0.15) is 0 Å². The molecular formula is C16H22N2O3. The number of carbonyl (C=O) groups excluding carboxylic acids is 2. The van der Waals surface area contributed by atoms with Gasteiger partial charge in [-0.2, -0.15) is 0 Å². The maximum Gasteiger partial charge on any atom is 0.248 e. The Kier molecular flexibility index (Phi) is 4.63. The number of amides is 2. The first kappa shape index (κ1) is 15.5. The number of nitrogens with two attached hydrogens (primary N) is 1. The Bertz CT molecular complexity index is 548. The predicted octanol–water partition coefficient (Wildman–Crippen LogP) is 2.12. The minimum Gasteiger partial charge on any atom is -0.389 e. The molecule has 0 spiro atoms. The lowest BCUT2D eigenvalue weighted by Crippen LogP contribution is -2.35. The van der Waals surface area contributed by atoms with Gasteiger partial charge in [-0.3, -0.25) is 9.59 Å². The second-order valence-corrected chi connectivity index (χ2v) is 5.90. The molecule has 0 bridgehead atoms. The van der Waals surface area contributed by atoms with E-state index in [-0.39, 0.29) is 12.3 Å². The smallest absolute Gasteiger partial charge is 0.248 e. The molecule has 0 unspecified atom stereocenters. The Hall–Kier alpha value is -1.88. The van der Waals surface area contributed by atoms with Crippen molar-refractivity contribution >= 4 is 17.5 Å². The first-order chi connectivity index (χ1) is 9.89. The summed E-state index contributed by atoms with van der Waals surface area (Å²) in [6.07, 6.45) is 4.54. The molecule has 0 saturated heterocycles. The highest BCUT2D eigenvalue weighted by Crippen LogP contribution is 2.31. The molecule has 114 valence electrons. The van der Waals surface area contributed by atoms with Crippen molar-refractivity contribution in [2.45, 2.75) is 51.0 Å². The van der Waals surface area contributed by atoms with Gasteiger partial charge < -0.3 is 16.2 Å². The molecule has 1 aliphatic rings. The second kappa shape index (κ2) is 6.26. The molecule has 1 aromatic carbocycles. The first-order valence-corrected chi connectivity index (χ1v) is 7.32. The molecule has 0 aliphatic heterocycles. The summed E-state index contributed by atoms with van der Waals surface area (Å²) in [5, 5.41) is 13.1. The SMILES string of the molecule is Cc1cc(NC(=O)CC2(O)CCCCC2)ccc1C(N)=O. The van der Waals surface area contributed by atoms with Crippen molar-refractivity contribution in [3.8, 4) is 0 Å². The van der Waals surface area contributed by atoms with Crippen LogP contribution in [0.3, 0.4) is 0 Å². The zero-order valence-electron chi connectivity index (χ0n) is 12.3. The van der Waals surface area contributed by atoms with Gasteiger partial charge in [0, 0.05) is 11.3 Å². The summed E-state index contributed by atoms with van der Waals surface area (Å²) in [5.41, 5.74) is 6.15. The summed E-state index contributed by atoms with van der Waals surface area (Å²) in [6, 6.07) is 4.96. The van der Waals surface area contributed by atoms with Crippen molar-refractivity contribution < 1.29 is 14.7 Å². The molecule has 0 heterocycles. The van der Waals surface area contributed by atoms with Crippen LogP contribution in [0.4, 0.5) is 5.69 Å². The van der Waals surface area contributed by atoms with Crippen LogP contribution >= 0.6 is 0 Å². The fourth-order valence-electron chi connectivity index (χ4n) is 2.91. The number of nitrogens with one attached hydrogen (secondary N) is 1. The molecule has 2 rings (SSSR count). The third kappa shape index (κ3) is 4.04. The molecule has 21 heavy (non-hydrogen) atoms. The fraction of sp³-hybridized carbons (Fsp3) is 0.500. The third-order valence-electron chi connectivity index (χ3n) is 4.05. The Balaban J connectivity index is 1.99. The quantitative estimate of drug-likeness (QED) is 0.793. The molecule has 1 aliphatic carbocycles. The highest BCUT2D eigenvalue weighted by molar-refractivity contribution is 5.96. The monoisotopic (exact) mass is 290 g/mol. The largest absolute Gasteiger partial charge is 0.389 e. The molecule has 5 heteroatoms. The van der Waals surface area contributed by atoms with Crippen molar-refractivity contribution in [1.82, 2.24) is 0 Å². The highest BCUT2D eigenvalue weighted by Gasteiger charge is 2.31. The van der Waals surface area contributed by atoms with Crippen LogP contribution in [0.1, 0.15) is 54.4 Å². The lowest BCUT2D eigenvalue weighted by Gasteiger charge is -2.31. The number of aryl methyl sites for hydroxylation is 1. The number of anilines is 1. The average molecular weight is 290 g/mol. The predicted molar refractivity (Wildman–Crippen MR) is 81.0 cm³/mol. The minimum atomic E-state index is -0.870. The van der Waals surface area contributed by atoms with Crippen LogP contribution in [0.15, 0.2) is 18.2 Å². The first-order valence-electron chi connectivity index (χ1n) is 7.32. The Morgan fingerprint density at radius 3 is 2.52 bits per heavy atom. The molecule has 2 amide bonds. The van der Waals surface area contributed by atoms with E-state index in [1.54, 1.807) is 25.1 Å². The second-order valence-electron chi connectivity index (χ2n) is 5.90. The van der Waals surface area contributed by atoms with Crippen molar-refractivity contribution in [3.63, 3.8) is 0 Å². The van der Waals surface area contributed by atoms with Crippen molar-refractivity contribution in [1.29, 1.82) is 0 Å². The van der Waals surface area contributed by atoms with E-state index < -0.39 is 11.5 Å². The van der Waals surface area contributed by atoms with E-state index in [1.165, 1.54) is 0 Å². The molecule has 1 saturated carbocycles. The highest BCUT2D eigenvalue weighted by atomic mass is 16.3. The molecule has 0 aromatic heterocycles. The van der Waals surface area contributed by atoms with Crippen LogP contribution in [0.5, 0.6) is 0 Å². The van der Waals surface area contributed by atoms with Crippen LogP contribution in [-0.4, -0.2) is 22.5 Å². The summed E-state index contributed by atoms with van der Waals surface area (Å²) < 4.78 is 0. The summed E-state index contributed by atoms with van der Waals surface area (Å²) in [4.78, 5) is 23.2. The summed E-state index contributed by atoms with van der Waals surface area (Å²) >= 11 is 0. The number of rotatable bonds is 4. The van der Waals surface area contributed by atoms with E-state index in [9.17, 15) is 14.7 Å². The zero-order valence-corrected chi connectivity index (χ0v) is 12.3. The lowest BCUT2D eigenvalue weighted by molar-refractivity contribution is -0.122. The maximum atomic E-state index is 12.1. The average Bonchev–Trinajstić information content (AvgIpc) is 2.38. The normalized spacial score (nSPS) is 17.2. The van der Waals surface area contributed by atoms with Gasteiger partial charge >= 0.3 is 0 Å². The van der Waals surface area contributed by atoms with E-state index in [1.807, 2.05) is 0 Å². The number of hydrogen-bond donors (Lipinski definition) is 3. The van der Waals surface area contributed by atoms with Gasteiger partial charge in [-0.15, -0.1) is 0 Å². The lowest BCUT2D eigenvalue weighted by atomic mass is 9.82. The molecule has 0 atom stereocenters. The number of carbonyl (C=O) groups is 2. The van der Waals surface area contributed by atoms with Crippen LogP contribution in [0.25, 0.3) is 0 Å². The van der Waals surface area contributed by atoms with Gasteiger partial charge in [-0.25, -0.2) is 0 Å². The van der Waals surface area contributed by atoms with Gasteiger partial charge in [-0.05, 0) is 43.5 Å². The van der Waals surface area contributed by atoms with Crippen molar-refractivity contribution in [2.24, 2.45) is 5.73 Å². The number of aliphatic hydroxyl groups is 1. The maximum absolute atomic E-state index is 12.1. The molecule has 5 nitrogen and oxygen atoms in total. The van der Waals surface area contributed by atoms with E-state index in [0.29, 0.717) is 24.1 Å². The van der Waals surface area contributed by atoms with E-state index in [2.05, 4.69) is 5.32 Å². The van der Waals surface area contributed by atoms with Gasteiger partial charge in [-0.1, -0.05) is 19.3 Å². The standard InChI is InChI=1S/C16H22N2O3/c1-11-9-12(5-6-13(11)15(17)20)18-14(19)10-16(21)7-3-2-4-8-16/h5-6,9,21H,2-4,7-8,10H2,1H3,(H2,17,20)(H,18,19). The van der Waals surface area contributed by atoms with E-state index in [4.69, 9.17) is 5.73 Å². The van der Waals surface area contributed by atoms with E-state index >= 15 is 0 Å². The fourth-order valence-corrected chi connectivity index (χ4v) is 2.91. The van der Waals surface area contributed by atoms with Crippen LogP contribution in [0, 0.1) is 6.92 Å². The minimum absolute atomic E-state index is 0.115. The molecular weight excluding hydrogens is 268 g/mol. The van der Waals surface area contributed by atoms with E-state index in [0.717, 1.165) is 24.8 Å².